The van der Waals surface area contributed by atoms with Crippen molar-refractivity contribution in [3.05, 3.63) is 45.1 Å². The van der Waals surface area contributed by atoms with Gasteiger partial charge in [-0.15, -0.1) is 0 Å². The highest BCUT2D eigenvalue weighted by molar-refractivity contribution is 5.73. The van der Waals surface area contributed by atoms with Gasteiger partial charge in [0.2, 0.25) is 5.95 Å². The van der Waals surface area contributed by atoms with Gasteiger partial charge in [0.25, 0.3) is 5.56 Å². The van der Waals surface area contributed by atoms with Gasteiger partial charge in [0.15, 0.2) is 11.2 Å². The smallest absolute Gasteiger partial charge is 0.330 e. The summed E-state index contributed by atoms with van der Waals surface area (Å²) in [6.07, 6.45) is 6.40. The number of anilines is 1. The highest BCUT2D eigenvalue weighted by atomic mass is 16.5. The van der Waals surface area contributed by atoms with Crippen molar-refractivity contribution in [1.82, 2.24) is 29.1 Å². The Labute approximate surface area is 190 Å². The molecule has 4 rings (SSSR count). The molecule has 0 unspecified atom stereocenters. The van der Waals surface area contributed by atoms with Crippen LogP contribution >= 0.6 is 0 Å². The molecular formula is C22H29N7O4. The number of nitrogens with zero attached hydrogens (tertiary/aromatic N) is 6. The van der Waals surface area contributed by atoms with Crippen LogP contribution in [0.4, 0.5) is 5.95 Å². The number of carbonyl (C=O) groups is 1. The van der Waals surface area contributed by atoms with Crippen LogP contribution in [0.15, 0.2) is 28.0 Å². The van der Waals surface area contributed by atoms with Gasteiger partial charge >= 0.3 is 11.7 Å². The third-order valence-corrected chi connectivity index (χ3v) is 6.02. The van der Waals surface area contributed by atoms with Gasteiger partial charge in [0.1, 0.15) is 12.4 Å². The zero-order valence-electron chi connectivity index (χ0n) is 19.0. The van der Waals surface area contributed by atoms with Crippen LogP contribution in [0.2, 0.25) is 0 Å². The van der Waals surface area contributed by atoms with E-state index in [-0.39, 0.29) is 18.5 Å². The number of hydrogen-bond donors (Lipinski definition) is 1. The minimum Gasteiger partial charge on any atom is -0.457 e. The van der Waals surface area contributed by atoms with Crippen LogP contribution in [-0.4, -0.2) is 48.1 Å². The van der Waals surface area contributed by atoms with Gasteiger partial charge in [0.05, 0.1) is 5.92 Å². The fourth-order valence-corrected chi connectivity index (χ4v) is 4.22. The molecule has 0 saturated carbocycles. The van der Waals surface area contributed by atoms with E-state index in [9.17, 15) is 14.4 Å². The van der Waals surface area contributed by atoms with Crippen LogP contribution in [0.1, 0.15) is 45.4 Å². The lowest BCUT2D eigenvalue weighted by Gasteiger charge is -2.30. The molecule has 11 heteroatoms. The Morgan fingerprint density at radius 3 is 2.55 bits per heavy atom. The van der Waals surface area contributed by atoms with Crippen molar-refractivity contribution in [2.45, 2.75) is 59.2 Å². The van der Waals surface area contributed by atoms with E-state index >= 15 is 0 Å². The van der Waals surface area contributed by atoms with E-state index in [4.69, 9.17) is 4.74 Å². The maximum Gasteiger partial charge on any atom is 0.330 e. The van der Waals surface area contributed by atoms with Crippen LogP contribution < -0.4 is 16.1 Å². The molecule has 0 radical (unpaired) electrons. The SMILES string of the molecule is CCCCn1c(=O)[nH]c(=O)c2c1nc(COC(=O)C1CCN(c3ncccn3)CC1)n2CC. The number of ether oxygens (including phenoxy) is 1. The highest BCUT2D eigenvalue weighted by Crippen LogP contribution is 2.22. The molecule has 176 valence electrons. The van der Waals surface area contributed by atoms with Crippen molar-refractivity contribution in [2.24, 2.45) is 5.92 Å². The predicted octanol–water partition coefficient (Wildman–Crippen LogP) is 1.46. The van der Waals surface area contributed by atoms with Crippen LogP contribution in [0, 0.1) is 5.92 Å². The molecular weight excluding hydrogens is 426 g/mol. The first-order valence-electron chi connectivity index (χ1n) is 11.4. The minimum absolute atomic E-state index is 0.0508. The average Bonchev–Trinajstić information content (AvgIpc) is 3.22. The van der Waals surface area contributed by atoms with Gasteiger partial charge in [0, 0.05) is 38.6 Å². The zero-order valence-corrected chi connectivity index (χ0v) is 19.0. The first-order chi connectivity index (χ1) is 16.0. The molecule has 0 bridgehead atoms. The summed E-state index contributed by atoms with van der Waals surface area (Å²) >= 11 is 0. The van der Waals surface area contributed by atoms with E-state index in [1.807, 2.05) is 13.8 Å². The molecule has 0 aromatic carbocycles. The molecule has 0 aliphatic carbocycles. The van der Waals surface area contributed by atoms with E-state index in [1.165, 1.54) is 4.57 Å². The Hall–Kier alpha value is -3.50. The van der Waals surface area contributed by atoms with Gasteiger partial charge < -0.3 is 14.2 Å². The van der Waals surface area contributed by atoms with Crippen LogP contribution in [0.5, 0.6) is 0 Å². The van der Waals surface area contributed by atoms with Crippen LogP contribution in [0.3, 0.4) is 0 Å². The topological polar surface area (TPSA) is 128 Å². The number of nitrogens with one attached hydrogen (secondary N) is 1. The third-order valence-electron chi connectivity index (χ3n) is 6.02. The largest absolute Gasteiger partial charge is 0.457 e. The number of hydrogen-bond acceptors (Lipinski definition) is 8. The Bertz CT molecular complexity index is 1220. The Kier molecular flexibility index (Phi) is 6.85. The number of esters is 1. The first kappa shape index (κ1) is 22.7. The lowest BCUT2D eigenvalue weighted by Crippen LogP contribution is -2.37. The average molecular weight is 456 g/mol. The molecule has 4 heterocycles. The summed E-state index contributed by atoms with van der Waals surface area (Å²) in [7, 11) is 0. The first-order valence-corrected chi connectivity index (χ1v) is 11.4. The molecule has 3 aromatic rings. The lowest BCUT2D eigenvalue weighted by atomic mass is 9.97. The van der Waals surface area contributed by atoms with Crippen molar-refractivity contribution in [1.29, 1.82) is 0 Å². The zero-order chi connectivity index (χ0) is 23.4. The van der Waals surface area contributed by atoms with E-state index in [1.54, 1.807) is 23.0 Å². The predicted molar refractivity (Wildman–Crippen MR) is 122 cm³/mol. The van der Waals surface area contributed by atoms with Gasteiger partial charge in [-0.3, -0.25) is 19.1 Å². The molecule has 33 heavy (non-hydrogen) atoms. The molecule has 1 saturated heterocycles. The fourth-order valence-electron chi connectivity index (χ4n) is 4.22. The number of H-pyrrole nitrogens is 1. The summed E-state index contributed by atoms with van der Waals surface area (Å²) in [6, 6.07) is 1.77. The van der Waals surface area contributed by atoms with Crippen molar-refractivity contribution in [2.75, 3.05) is 18.0 Å². The standard InChI is InChI=1S/C22H29N7O4/c1-3-5-11-29-18-17(19(30)26-22(29)32)28(4-2)16(25-18)14-33-20(31)15-7-12-27(13-8-15)21-23-9-6-10-24-21/h6,9-10,15H,3-5,7-8,11-14H2,1-2H3,(H,26,30,32). The summed E-state index contributed by atoms with van der Waals surface area (Å²) in [5.41, 5.74) is -0.290. The summed E-state index contributed by atoms with van der Waals surface area (Å²) in [4.78, 5) is 55.1. The molecule has 0 amide bonds. The molecule has 1 fully saturated rings. The molecule has 3 aromatic heterocycles. The van der Waals surface area contributed by atoms with Gasteiger partial charge in [-0.1, -0.05) is 13.3 Å². The summed E-state index contributed by atoms with van der Waals surface area (Å²) in [5.74, 6) is 0.629. The summed E-state index contributed by atoms with van der Waals surface area (Å²) < 4.78 is 8.79. The second-order valence-electron chi connectivity index (χ2n) is 8.13. The second-order valence-corrected chi connectivity index (χ2v) is 8.13. The maximum atomic E-state index is 12.7. The van der Waals surface area contributed by atoms with Gasteiger partial charge in [-0.25, -0.2) is 19.7 Å². The maximum absolute atomic E-state index is 12.7. The van der Waals surface area contributed by atoms with E-state index < -0.39 is 11.2 Å². The Balaban J connectivity index is 1.47. The van der Waals surface area contributed by atoms with Crippen LogP contribution in [0.25, 0.3) is 11.2 Å². The molecule has 0 atom stereocenters. The van der Waals surface area contributed by atoms with E-state index in [0.29, 0.717) is 62.0 Å². The number of aromatic amines is 1. The second kappa shape index (κ2) is 9.97. The van der Waals surface area contributed by atoms with E-state index in [0.717, 1.165) is 12.8 Å². The number of unbranched alkanes of at least 4 members (excludes halogenated alkanes) is 1. The Morgan fingerprint density at radius 2 is 1.88 bits per heavy atom. The summed E-state index contributed by atoms with van der Waals surface area (Å²) in [5, 5.41) is 0. The van der Waals surface area contributed by atoms with Crippen molar-refractivity contribution in [3.8, 4) is 0 Å². The van der Waals surface area contributed by atoms with Crippen LogP contribution in [-0.2, 0) is 29.2 Å². The number of imidazole rings is 1. The lowest BCUT2D eigenvalue weighted by molar-refractivity contribution is -0.150. The van der Waals surface area contributed by atoms with E-state index in [2.05, 4.69) is 24.8 Å². The molecule has 11 nitrogen and oxygen atoms in total. The normalized spacial score (nSPS) is 14.7. The van der Waals surface area contributed by atoms with Crippen molar-refractivity contribution >= 4 is 23.1 Å². The Morgan fingerprint density at radius 1 is 1.15 bits per heavy atom. The number of aryl methyl sites for hydroxylation is 2. The molecule has 0 spiro atoms. The quantitative estimate of drug-likeness (QED) is 0.506. The summed E-state index contributed by atoms with van der Waals surface area (Å²) in [6.45, 7) is 6.15. The molecule has 1 aliphatic heterocycles. The third kappa shape index (κ3) is 4.67. The number of fused-ring (bicyclic) bond motifs is 1. The molecule has 1 aliphatic rings. The minimum atomic E-state index is -0.481. The fraction of sp³-hybridized carbons (Fsp3) is 0.545. The van der Waals surface area contributed by atoms with Crippen molar-refractivity contribution < 1.29 is 9.53 Å². The molecule has 1 N–H and O–H groups in total. The van der Waals surface area contributed by atoms with Gasteiger partial charge in [-0.05, 0) is 32.3 Å². The number of aromatic nitrogens is 6. The number of carbonyl (C=O) groups excluding carboxylic acids is 1. The highest BCUT2D eigenvalue weighted by Gasteiger charge is 2.28. The van der Waals surface area contributed by atoms with Gasteiger partial charge in [-0.2, -0.15) is 0 Å². The number of rotatable bonds is 8. The van der Waals surface area contributed by atoms with Crippen molar-refractivity contribution in [3.63, 3.8) is 0 Å². The monoisotopic (exact) mass is 455 g/mol. The number of piperidine rings is 1.